The molecule has 0 saturated heterocycles. The summed E-state index contributed by atoms with van der Waals surface area (Å²) in [7, 11) is 0. The topological polar surface area (TPSA) is 28.3 Å². The molecule has 4 nitrogen and oxygen atoms in total. The third-order valence-corrected chi connectivity index (χ3v) is 12.4. The monoisotopic (exact) mass is 752 g/mol. The Labute approximate surface area is 340 Å². The molecule has 0 bridgehead atoms. The summed E-state index contributed by atoms with van der Waals surface area (Å²) in [6, 6.07) is 71.7. The Hall–Kier alpha value is -7.76. The molecule has 0 unspecified atom stereocenters. The predicted octanol–water partition coefficient (Wildman–Crippen LogP) is 12.5. The normalized spacial score (nSPS) is 12.6. The van der Waals surface area contributed by atoms with Gasteiger partial charge >= 0.3 is 6.92 Å². The highest BCUT2D eigenvalue weighted by atomic mass is 16.5. The van der Waals surface area contributed by atoms with Crippen LogP contribution in [0.15, 0.2) is 200 Å². The third-order valence-electron chi connectivity index (χ3n) is 12.4. The SMILES string of the molecule is c1cc(-c2ccc3c(c2)B2Oc4ccccc4-c4cc(-c5ccccc5-n5c6ccccc6c6ccccc65)cc(c42)O3)cc(-n2c3ccccc3c3ccccc32)c1. The first-order valence-electron chi connectivity index (χ1n) is 20.2. The number of ether oxygens (including phenoxy) is 1. The summed E-state index contributed by atoms with van der Waals surface area (Å²) in [6.07, 6.45) is 0. The molecule has 0 N–H and O–H groups in total. The molecule has 0 spiro atoms. The zero-order valence-electron chi connectivity index (χ0n) is 31.8. The van der Waals surface area contributed by atoms with Crippen LogP contribution in [0, 0.1) is 0 Å². The highest BCUT2D eigenvalue weighted by Crippen LogP contribution is 2.44. The largest absolute Gasteiger partial charge is 0.551 e. The van der Waals surface area contributed by atoms with Crippen molar-refractivity contribution in [3.8, 4) is 62.0 Å². The van der Waals surface area contributed by atoms with Crippen LogP contribution in [0.1, 0.15) is 0 Å². The fraction of sp³-hybridized carbons (Fsp3) is 0. The lowest BCUT2D eigenvalue weighted by Crippen LogP contribution is -2.53. The number of hydrogen-bond donors (Lipinski definition) is 0. The Balaban J connectivity index is 0.957. The standard InChI is InChI=1S/C54H33BN2O2/c1-7-22-46(57-49-25-10-4-19-41(49)42-20-5-11-26-50(42)57)38(16-1)36-31-44-43-21-6-12-27-51(43)59-55-45-32-35(28-29-52(45)58-53(33-36)54(44)55)34-14-13-15-37(30-34)56-47-23-8-2-17-39(47)40-18-3-9-24-48(40)56/h1-33H. The number of hydrogen-bond acceptors (Lipinski definition) is 2. The van der Waals surface area contributed by atoms with E-state index in [-0.39, 0.29) is 6.92 Å². The van der Waals surface area contributed by atoms with Crippen molar-refractivity contribution in [3.05, 3.63) is 200 Å². The van der Waals surface area contributed by atoms with Crippen LogP contribution in [0.3, 0.4) is 0 Å². The van der Waals surface area contributed by atoms with Crippen LogP contribution < -0.4 is 20.3 Å². The average Bonchev–Trinajstić information content (AvgIpc) is 3.82. The summed E-state index contributed by atoms with van der Waals surface area (Å²) < 4.78 is 18.7. The van der Waals surface area contributed by atoms with Crippen molar-refractivity contribution >= 4 is 61.5 Å². The van der Waals surface area contributed by atoms with E-state index in [9.17, 15) is 0 Å². The fourth-order valence-electron chi connectivity index (χ4n) is 9.82. The first-order chi connectivity index (χ1) is 29.3. The van der Waals surface area contributed by atoms with Crippen LogP contribution in [0.5, 0.6) is 17.2 Å². The molecular formula is C54H33BN2O2. The van der Waals surface area contributed by atoms with Crippen LogP contribution in [0.4, 0.5) is 0 Å². The van der Waals surface area contributed by atoms with Crippen molar-refractivity contribution in [2.24, 2.45) is 0 Å². The number of para-hydroxylation sites is 6. The minimum atomic E-state index is -0.333. The Morgan fingerprint density at radius 2 is 0.932 bits per heavy atom. The van der Waals surface area contributed by atoms with E-state index in [4.69, 9.17) is 9.39 Å². The second-order valence-corrected chi connectivity index (χ2v) is 15.6. The van der Waals surface area contributed by atoms with Gasteiger partial charge in [-0.05, 0) is 89.0 Å². The molecule has 0 radical (unpaired) electrons. The van der Waals surface area contributed by atoms with Gasteiger partial charge in [-0.2, -0.15) is 0 Å². The van der Waals surface area contributed by atoms with Crippen molar-refractivity contribution in [1.29, 1.82) is 0 Å². The molecule has 0 atom stereocenters. The predicted molar refractivity (Wildman–Crippen MR) is 244 cm³/mol. The zero-order chi connectivity index (χ0) is 38.6. The Morgan fingerprint density at radius 1 is 0.356 bits per heavy atom. The highest BCUT2D eigenvalue weighted by molar-refractivity contribution is 6.84. The number of nitrogens with zero attached hydrogens (tertiary/aromatic N) is 2. The minimum absolute atomic E-state index is 0.333. The number of benzene rings is 9. The molecule has 13 rings (SSSR count). The van der Waals surface area contributed by atoms with Gasteiger partial charge in [0.2, 0.25) is 0 Å². The molecule has 2 aromatic heterocycles. The first kappa shape index (κ1) is 32.3. The smallest absolute Gasteiger partial charge is 0.434 e. The highest BCUT2D eigenvalue weighted by Gasteiger charge is 2.41. The molecular weight excluding hydrogens is 719 g/mol. The van der Waals surface area contributed by atoms with Crippen molar-refractivity contribution in [1.82, 2.24) is 9.13 Å². The van der Waals surface area contributed by atoms with E-state index in [1.165, 1.54) is 43.6 Å². The Morgan fingerprint density at radius 3 is 1.63 bits per heavy atom. The van der Waals surface area contributed by atoms with E-state index in [2.05, 4.69) is 209 Å². The maximum atomic E-state index is 6.97. The van der Waals surface area contributed by atoms with Crippen molar-refractivity contribution in [2.45, 2.75) is 0 Å². The van der Waals surface area contributed by atoms with Gasteiger partial charge < -0.3 is 18.5 Å². The van der Waals surface area contributed by atoms with Crippen LogP contribution in [-0.4, -0.2) is 16.0 Å². The maximum Gasteiger partial charge on any atom is 0.434 e. The van der Waals surface area contributed by atoms with Crippen molar-refractivity contribution in [2.75, 3.05) is 0 Å². The van der Waals surface area contributed by atoms with Gasteiger partial charge in [0, 0.05) is 49.3 Å². The van der Waals surface area contributed by atoms with Gasteiger partial charge in [0.05, 0.1) is 27.8 Å². The van der Waals surface area contributed by atoms with Gasteiger partial charge in [0.1, 0.15) is 17.2 Å². The van der Waals surface area contributed by atoms with Gasteiger partial charge in [0.15, 0.2) is 0 Å². The van der Waals surface area contributed by atoms with Crippen LogP contribution in [0.2, 0.25) is 0 Å². The lowest BCUT2D eigenvalue weighted by molar-refractivity contribution is 0.479. The molecule has 59 heavy (non-hydrogen) atoms. The van der Waals surface area contributed by atoms with E-state index in [1.54, 1.807) is 0 Å². The molecule has 9 aromatic carbocycles. The molecule has 2 aliphatic rings. The van der Waals surface area contributed by atoms with Gasteiger partial charge in [-0.1, -0.05) is 133 Å². The molecule has 0 amide bonds. The number of fused-ring (bicyclic) bond motifs is 10. The lowest BCUT2D eigenvalue weighted by Gasteiger charge is -2.33. The molecule has 4 heterocycles. The molecule has 0 saturated carbocycles. The van der Waals surface area contributed by atoms with Crippen LogP contribution >= 0.6 is 0 Å². The van der Waals surface area contributed by atoms with Crippen LogP contribution in [-0.2, 0) is 0 Å². The van der Waals surface area contributed by atoms with Crippen molar-refractivity contribution < 1.29 is 9.39 Å². The van der Waals surface area contributed by atoms with Gasteiger partial charge in [-0.25, -0.2) is 0 Å². The van der Waals surface area contributed by atoms with E-state index in [1.807, 2.05) is 0 Å². The second-order valence-electron chi connectivity index (χ2n) is 15.6. The fourth-order valence-corrected chi connectivity index (χ4v) is 9.82. The molecule has 5 heteroatoms. The zero-order valence-corrected chi connectivity index (χ0v) is 31.8. The number of aromatic nitrogens is 2. The van der Waals surface area contributed by atoms with Gasteiger partial charge in [0.25, 0.3) is 0 Å². The summed E-state index contributed by atoms with van der Waals surface area (Å²) in [5.41, 5.74) is 15.7. The van der Waals surface area contributed by atoms with E-state index < -0.39 is 0 Å². The van der Waals surface area contributed by atoms with E-state index in [0.29, 0.717) is 0 Å². The first-order valence-corrected chi connectivity index (χ1v) is 20.2. The summed E-state index contributed by atoms with van der Waals surface area (Å²) in [6.45, 7) is -0.333. The lowest BCUT2D eigenvalue weighted by atomic mass is 9.50. The molecule has 0 aliphatic carbocycles. The van der Waals surface area contributed by atoms with Crippen LogP contribution in [0.25, 0.3) is 88.4 Å². The van der Waals surface area contributed by atoms with Gasteiger partial charge in [-0.3, -0.25) is 0 Å². The summed E-state index contributed by atoms with van der Waals surface area (Å²) in [5.74, 6) is 2.50. The Bertz CT molecular complexity index is 3430. The molecule has 2 aliphatic heterocycles. The minimum Gasteiger partial charge on any atom is -0.551 e. The quantitative estimate of drug-likeness (QED) is 0.168. The van der Waals surface area contributed by atoms with E-state index >= 15 is 0 Å². The third kappa shape index (κ3) is 4.73. The number of rotatable bonds is 4. The molecule has 11 aromatic rings. The van der Waals surface area contributed by atoms with Gasteiger partial charge in [-0.15, -0.1) is 0 Å². The average molecular weight is 753 g/mol. The summed E-state index contributed by atoms with van der Waals surface area (Å²) in [4.78, 5) is 0. The Kier molecular flexibility index (Phi) is 6.78. The molecule has 274 valence electrons. The summed E-state index contributed by atoms with van der Waals surface area (Å²) >= 11 is 0. The van der Waals surface area contributed by atoms with Crippen molar-refractivity contribution in [3.63, 3.8) is 0 Å². The second kappa shape index (κ2) is 12.4. The molecule has 0 fully saturated rings. The van der Waals surface area contributed by atoms with E-state index in [0.717, 1.165) is 72.9 Å². The summed E-state index contributed by atoms with van der Waals surface area (Å²) in [5, 5.41) is 4.99. The maximum absolute atomic E-state index is 6.97.